The average Bonchev–Trinajstić information content (AvgIpc) is 2.26. The first kappa shape index (κ1) is 14.0. The summed E-state index contributed by atoms with van der Waals surface area (Å²) in [4.78, 5) is 13.1. The van der Waals surface area contributed by atoms with Crippen LogP contribution in [0.2, 0.25) is 0 Å². The van der Waals surface area contributed by atoms with E-state index >= 15 is 0 Å². The summed E-state index contributed by atoms with van der Waals surface area (Å²) < 4.78 is 0.971. The normalized spacial score (nSPS) is 12.0. The van der Waals surface area contributed by atoms with Crippen molar-refractivity contribution in [3.63, 3.8) is 0 Å². The predicted octanol–water partition coefficient (Wildman–Crippen LogP) is 1.97. The Morgan fingerprint density at radius 2 is 2.18 bits per heavy atom. The Bertz CT molecular complexity index is 383. The summed E-state index contributed by atoms with van der Waals surface area (Å²) in [5, 5.41) is 12.0. The number of rotatable bonds is 4. The molecule has 0 aliphatic heterocycles. The number of amides is 2. The molecule has 0 saturated heterocycles. The predicted molar refractivity (Wildman–Crippen MR) is 70.7 cm³/mol. The molecule has 1 unspecified atom stereocenters. The highest BCUT2D eigenvalue weighted by Gasteiger charge is 2.10. The molecule has 0 aromatic heterocycles. The highest BCUT2D eigenvalue weighted by molar-refractivity contribution is 9.10. The molecule has 0 aliphatic rings. The van der Waals surface area contributed by atoms with Crippen molar-refractivity contribution < 1.29 is 9.90 Å². The number of benzene rings is 1. The summed E-state index contributed by atoms with van der Waals surface area (Å²) in [6.45, 7) is 2.43. The van der Waals surface area contributed by atoms with E-state index < -0.39 is 6.10 Å². The zero-order chi connectivity index (χ0) is 12.8. The minimum absolute atomic E-state index is 0.193. The van der Waals surface area contributed by atoms with Crippen LogP contribution in [0.15, 0.2) is 28.7 Å². The molecule has 1 atom stereocenters. The van der Waals surface area contributed by atoms with Crippen molar-refractivity contribution in [3.05, 3.63) is 34.3 Å². The molecule has 94 valence electrons. The summed E-state index contributed by atoms with van der Waals surface area (Å²) in [7, 11) is 1.65. The van der Waals surface area contributed by atoms with Crippen LogP contribution >= 0.6 is 15.9 Å². The van der Waals surface area contributed by atoms with Gasteiger partial charge in [0.25, 0.3) is 0 Å². The first-order chi connectivity index (χ1) is 8.00. The summed E-state index contributed by atoms with van der Waals surface area (Å²) >= 11 is 3.42. The number of aliphatic hydroxyl groups excluding tert-OH is 1. The smallest absolute Gasteiger partial charge is 0.317 e. The lowest BCUT2D eigenvalue weighted by Gasteiger charge is -2.19. The minimum atomic E-state index is -0.519. The number of carbonyl (C=O) groups is 1. The average molecular weight is 301 g/mol. The molecule has 2 amide bonds. The molecule has 0 saturated carbocycles. The number of urea groups is 1. The maximum atomic E-state index is 11.7. The van der Waals surface area contributed by atoms with E-state index in [9.17, 15) is 9.90 Å². The quantitative estimate of drug-likeness (QED) is 0.893. The van der Waals surface area contributed by atoms with Gasteiger partial charge in [0, 0.05) is 24.6 Å². The molecule has 1 rings (SSSR count). The third kappa shape index (κ3) is 4.75. The molecular weight excluding hydrogens is 284 g/mol. The van der Waals surface area contributed by atoms with Crippen LogP contribution in [-0.4, -0.2) is 35.7 Å². The van der Waals surface area contributed by atoms with Gasteiger partial charge in [0.05, 0.1) is 6.10 Å². The van der Waals surface area contributed by atoms with Gasteiger partial charge in [0.2, 0.25) is 0 Å². The number of hydrogen-bond donors (Lipinski definition) is 2. The Morgan fingerprint density at radius 3 is 2.76 bits per heavy atom. The van der Waals surface area contributed by atoms with Crippen LogP contribution in [0.1, 0.15) is 12.5 Å². The van der Waals surface area contributed by atoms with Gasteiger partial charge in [-0.2, -0.15) is 0 Å². The second-order valence-corrected chi connectivity index (χ2v) is 4.83. The van der Waals surface area contributed by atoms with Crippen LogP contribution in [0.25, 0.3) is 0 Å². The van der Waals surface area contributed by atoms with E-state index in [-0.39, 0.29) is 6.03 Å². The van der Waals surface area contributed by atoms with Gasteiger partial charge < -0.3 is 15.3 Å². The highest BCUT2D eigenvalue weighted by atomic mass is 79.9. The van der Waals surface area contributed by atoms with E-state index in [0.29, 0.717) is 13.1 Å². The molecule has 0 bridgehead atoms. The summed E-state index contributed by atoms with van der Waals surface area (Å²) in [6, 6.07) is 7.53. The third-order valence-electron chi connectivity index (χ3n) is 2.27. The van der Waals surface area contributed by atoms with Crippen LogP contribution in [-0.2, 0) is 6.54 Å². The lowest BCUT2D eigenvalue weighted by Crippen LogP contribution is -2.40. The fraction of sp³-hybridized carbons (Fsp3) is 0.417. The minimum Gasteiger partial charge on any atom is -0.392 e. The Kier molecular flexibility index (Phi) is 5.44. The molecule has 0 aliphatic carbocycles. The van der Waals surface area contributed by atoms with Gasteiger partial charge >= 0.3 is 6.03 Å². The molecule has 4 nitrogen and oxygen atoms in total. The number of nitrogens with one attached hydrogen (secondary N) is 1. The van der Waals surface area contributed by atoms with Gasteiger partial charge in [-0.1, -0.05) is 34.1 Å². The molecule has 0 fully saturated rings. The largest absolute Gasteiger partial charge is 0.392 e. The molecule has 0 radical (unpaired) electrons. The summed E-state index contributed by atoms with van der Waals surface area (Å²) in [6.07, 6.45) is -0.519. The third-order valence-corrected chi connectivity index (χ3v) is 3.05. The van der Waals surface area contributed by atoms with Crippen LogP contribution in [0.5, 0.6) is 0 Å². The zero-order valence-electron chi connectivity index (χ0n) is 9.98. The van der Waals surface area contributed by atoms with Crippen molar-refractivity contribution >= 4 is 22.0 Å². The molecule has 1 aromatic carbocycles. The number of aliphatic hydroxyl groups is 1. The van der Waals surface area contributed by atoms with Gasteiger partial charge in [-0.05, 0) is 18.6 Å². The van der Waals surface area contributed by atoms with Gasteiger partial charge in [-0.15, -0.1) is 0 Å². The molecule has 5 heteroatoms. The van der Waals surface area contributed by atoms with Crippen molar-refractivity contribution in [2.45, 2.75) is 19.6 Å². The fourth-order valence-electron chi connectivity index (χ4n) is 1.43. The number of likely N-dealkylation sites (N-methyl/N-ethyl adjacent to an activating group) is 1. The van der Waals surface area contributed by atoms with Gasteiger partial charge in [0.15, 0.2) is 0 Å². The van der Waals surface area contributed by atoms with Crippen molar-refractivity contribution in [1.29, 1.82) is 0 Å². The van der Waals surface area contributed by atoms with Gasteiger partial charge in [-0.3, -0.25) is 0 Å². The van der Waals surface area contributed by atoms with E-state index in [1.165, 1.54) is 4.90 Å². The van der Waals surface area contributed by atoms with E-state index in [1.807, 2.05) is 24.3 Å². The Morgan fingerprint density at radius 1 is 1.53 bits per heavy atom. The van der Waals surface area contributed by atoms with E-state index in [2.05, 4.69) is 21.2 Å². The molecule has 17 heavy (non-hydrogen) atoms. The van der Waals surface area contributed by atoms with Crippen molar-refractivity contribution in [2.24, 2.45) is 0 Å². The van der Waals surface area contributed by atoms with E-state index in [1.54, 1.807) is 14.0 Å². The number of halogens is 1. The molecule has 0 spiro atoms. The zero-order valence-corrected chi connectivity index (χ0v) is 11.6. The van der Waals surface area contributed by atoms with Crippen LogP contribution in [0.4, 0.5) is 4.79 Å². The van der Waals surface area contributed by atoms with Crippen molar-refractivity contribution in [1.82, 2.24) is 10.2 Å². The number of nitrogens with zero attached hydrogens (tertiary/aromatic N) is 1. The summed E-state index contributed by atoms with van der Waals surface area (Å²) in [5.74, 6) is 0. The standard InChI is InChI=1S/C12H17BrN2O2/c1-9(16)8-15(2)12(17)14-7-10-5-3-4-6-11(10)13/h3-6,9,16H,7-8H2,1-2H3,(H,14,17). The molecule has 2 N–H and O–H groups in total. The van der Waals surface area contributed by atoms with Crippen molar-refractivity contribution in [3.8, 4) is 0 Å². The lowest BCUT2D eigenvalue weighted by atomic mass is 10.2. The lowest BCUT2D eigenvalue weighted by molar-refractivity contribution is 0.143. The highest BCUT2D eigenvalue weighted by Crippen LogP contribution is 2.15. The second kappa shape index (κ2) is 6.61. The van der Waals surface area contributed by atoms with Crippen LogP contribution in [0, 0.1) is 0 Å². The SMILES string of the molecule is CC(O)CN(C)C(=O)NCc1ccccc1Br. The van der Waals surface area contributed by atoms with Crippen LogP contribution < -0.4 is 5.32 Å². The monoisotopic (exact) mass is 300 g/mol. The Balaban J connectivity index is 2.46. The number of hydrogen-bond acceptors (Lipinski definition) is 2. The van der Waals surface area contributed by atoms with E-state index in [0.717, 1.165) is 10.0 Å². The summed E-state index contributed by atoms with van der Waals surface area (Å²) in [5.41, 5.74) is 1.02. The molecule has 0 heterocycles. The first-order valence-electron chi connectivity index (χ1n) is 5.41. The van der Waals surface area contributed by atoms with Gasteiger partial charge in [0.1, 0.15) is 0 Å². The van der Waals surface area contributed by atoms with Gasteiger partial charge in [-0.25, -0.2) is 4.79 Å². The Hall–Kier alpha value is -1.07. The Labute approximate surface area is 110 Å². The second-order valence-electron chi connectivity index (χ2n) is 3.98. The maximum absolute atomic E-state index is 11.7. The van der Waals surface area contributed by atoms with Crippen LogP contribution in [0.3, 0.4) is 0 Å². The van der Waals surface area contributed by atoms with E-state index in [4.69, 9.17) is 0 Å². The first-order valence-corrected chi connectivity index (χ1v) is 6.20. The fourth-order valence-corrected chi connectivity index (χ4v) is 1.85. The maximum Gasteiger partial charge on any atom is 0.317 e. The van der Waals surface area contributed by atoms with Crippen molar-refractivity contribution in [2.75, 3.05) is 13.6 Å². The topological polar surface area (TPSA) is 52.6 Å². The number of carbonyl (C=O) groups excluding carboxylic acids is 1. The molecular formula is C12H17BrN2O2. The molecule has 1 aromatic rings.